The molecule has 1 N–H and O–H groups in total. The maximum Gasteiger partial charge on any atom is 0.433 e. The van der Waals surface area contributed by atoms with Crippen molar-refractivity contribution in [2.75, 3.05) is 0 Å². The first-order valence-electron chi connectivity index (χ1n) is 7.64. The van der Waals surface area contributed by atoms with E-state index < -0.39 is 22.9 Å². The van der Waals surface area contributed by atoms with Crippen LogP contribution >= 0.6 is 0 Å². The van der Waals surface area contributed by atoms with Crippen LogP contribution in [0.3, 0.4) is 0 Å². The molecule has 1 amide bonds. The van der Waals surface area contributed by atoms with E-state index in [1.165, 1.54) is 6.92 Å². The number of amides is 1. The van der Waals surface area contributed by atoms with Crippen LogP contribution in [0, 0.1) is 16.0 Å². The summed E-state index contributed by atoms with van der Waals surface area (Å²) in [7, 11) is 0. The zero-order chi connectivity index (χ0) is 17.0. The lowest BCUT2D eigenvalue weighted by atomic mass is 9.86. The Hall–Kier alpha value is -2.38. The molecule has 0 radical (unpaired) electrons. The van der Waals surface area contributed by atoms with Crippen molar-refractivity contribution >= 4 is 17.8 Å². The summed E-state index contributed by atoms with van der Waals surface area (Å²) in [5.74, 6) is -1.74. The maximum absolute atomic E-state index is 12.1. The van der Waals surface area contributed by atoms with Crippen molar-refractivity contribution in [2.24, 2.45) is 5.92 Å². The van der Waals surface area contributed by atoms with Gasteiger partial charge in [-0.3, -0.25) is 14.9 Å². The van der Waals surface area contributed by atoms with Crippen LogP contribution < -0.4 is 5.32 Å². The first-order chi connectivity index (χ1) is 10.9. The Morgan fingerprint density at radius 1 is 1.39 bits per heavy atom. The number of esters is 1. The Morgan fingerprint density at radius 3 is 2.70 bits per heavy atom. The molecule has 8 nitrogen and oxygen atoms in total. The van der Waals surface area contributed by atoms with E-state index in [1.807, 2.05) is 0 Å². The molecule has 0 aliphatic heterocycles. The number of hydrogen-bond donors (Lipinski definition) is 1. The fourth-order valence-electron chi connectivity index (χ4n) is 2.64. The van der Waals surface area contributed by atoms with Crippen LogP contribution in [0.2, 0.25) is 0 Å². The summed E-state index contributed by atoms with van der Waals surface area (Å²) in [6.07, 6.45) is 3.21. The standard InChI is InChI=1S/C15H20N2O6/c1-9-5-3-4-6-11(9)16-14(18)10(2)22-15(19)12-7-8-13(23-12)17(20)21/h7-11H,3-6H2,1-2H3,(H,16,18)/t9-,10-,11+/m1/s1. The molecule has 23 heavy (non-hydrogen) atoms. The minimum Gasteiger partial charge on any atom is -0.447 e. The zero-order valence-electron chi connectivity index (χ0n) is 13.1. The summed E-state index contributed by atoms with van der Waals surface area (Å²) >= 11 is 0. The molecule has 1 aliphatic carbocycles. The van der Waals surface area contributed by atoms with Crippen molar-refractivity contribution in [3.05, 3.63) is 28.0 Å². The average Bonchev–Trinajstić information content (AvgIpc) is 2.99. The van der Waals surface area contributed by atoms with E-state index in [0.29, 0.717) is 5.92 Å². The Balaban J connectivity index is 1.89. The van der Waals surface area contributed by atoms with Gasteiger partial charge in [0.15, 0.2) is 6.10 Å². The molecule has 0 spiro atoms. The molecule has 126 valence electrons. The topological polar surface area (TPSA) is 112 Å². The van der Waals surface area contributed by atoms with Crippen molar-refractivity contribution in [1.29, 1.82) is 0 Å². The van der Waals surface area contributed by atoms with Crippen molar-refractivity contribution in [3.63, 3.8) is 0 Å². The Morgan fingerprint density at radius 2 is 2.09 bits per heavy atom. The number of nitrogens with zero attached hydrogens (tertiary/aromatic N) is 1. The van der Waals surface area contributed by atoms with Gasteiger partial charge in [0, 0.05) is 6.04 Å². The van der Waals surface area contributed by atoms with Crippen LogP contribution in [0.15, 0.2) is 16.5 Å². The molecule has 0 aromatic carbocycles. The smallest absolute Gasteiger partial charge is 0.433 e. The number of ether oxygens (including phenoxy) is 1. The van der Waals surface area contributed by atoms with Gasteiger partial charge in [-0.05, 0) is 31.7 Å². The molecule has 8 heteroatoms. The van der Waals surface area contributed by atoms with E-state index >= 15 is 0 Å². The first-order valence-corrected chi connectivity index (χ1v) is 7.64. The highest BCUT2D eigenvalue weighted by atomic mass is 16.7. The Bertz CT molecular complexity index is 597. The van der Waals surface area contributed by atoms with Gasteiger partial charge in [-0.2, -0.15) is 0 Å². The van der Waals surface area contributed by atoms with Gasteiger partial charge >= 0.3 is 11.9 Å². The van der Waals surface area contributed by atoms with E-state index in [2.05, 4.69) is 12.2 Å². The lowest BCUT2D eigenvalue weighted by molar-refractivity contribution is -0.402. The molecule has 1 aromatic heterocycles. The van der Waals surface area contributed by atoms with E-state index in [1.54, 1.807) is 0 Å². The highest BCUT2D eigenvalue weighted by Crippen LogP contribution is 2.24. The van der Waals surface area contributed by atoms with Gasteiger partial charge < -0.3 is 14.5 Å². The minimum atomic E-state index is -0.999. The molecule has 0 bridgehead atoms. The molecule has 1 heterocycles. The van der Waals surface area contributed by atoms with E-state index in [-0.39, 0.29) is 17.7 Å². The second-order valence-electron chi connectivity index (χ2n) is 5.82. The van der Waals surface area contributed by atoms with E-state index in [4.69, 9.17) is 9.15 Å². The van der Waals surface area contributed by atoms with Gasteiger partial charge in [-0.25, -0.2) is 4.79 Å². The Labute approximate surface area is 133 Å². The molecule has 0 saturated heterocycles. The molecular formula is C15H20N2O6. The predicted molar refractivity (Wildman–Crippen MR) is 79.8 cm³/mol. The summed E-state index contributed by atoms with van der Waals surface area (Å²) in [4.78, 5) is 33.7. The third kappa shape index (κ3) is 4.30. The average molecular weight is 324 g/mol. The molecule has 3 atom stereocenters. The number of rotatable bonds is 5. The summed E-state index contributed by atoms with van der Waals surface area (Å²) in [5, 5.41) is 13.4. The van der Waals surface area contributed by atoms with Crippen LogP contribution in [-0.2, 0) is 9.53 Å². The second-order valence-corrected chi connectivity index (χ2v) is 5.82. The monoisotopic (exact) mass is 324 g/mol. The fourth-order valence-corrected chi connectivity index (χ4v) is 2.64. The lowest BCUT2D eigenvalue weighted by Crippen LogP contribution is -2.45. The number of carbonyl (C=O) groups excluding carboxylic acids is 2. The van der Waals surface area contributed by atoms with Gasteiger partial charge in [0.2, 0.25) is 5.76 Å². The SMILES string of the molecule is C[C@@H]1CCCC[C@@H]1NC(=O)[C@@H](C)OC(=O)c1ccc([N+](=O)[O-])o1. The van der Waals surface area contributed by atoms with Crippen LogP contribution in [0.4, 0.5) is 5.88 Å². The number of hydrogen-bond acceptors (Lipinski definition) is 6. The zero-order valence-corrected chi connectivity index (χ0v) is 13.1. The van der Waals surface area contributed by atoms with Gasteiger partial charge in [0.1, 0.15) is 4.92 Å². The first kappa shape index (κ1) is 17.0. The Kier molecular flexibility index (Phi) is 5.36. The van der Waals surface area contributed by atoms with Crippen LogP contribution in [0.25, 0.3) is 0 Å². The summed E-state index contributed by atoms with van der Waals surface area (Å²) in [6, 6.07) is 2.29. The van der Waals surface area contributed by atoms with Gasteiger partial charge in [-0.15, -0.1) is 0 Å². The van der Waals surface area contributed by atoms with Gasteiger partial charge in [0.25, 0.3) is 5.91 Å². The summed E-state index contributed by atoms with van der Waals surface area (Å²) in [5.41, 5.74) is 0. The van der Waals surface area contributed by atoms with Gasteiger partial charge in [-0.1, -0.05) is 19.8 Å². The second kappa shape index (κ2) is 7.26. The third-order valence-electron chi connectivity index (χ3n) is 4.07. The quantitative estimate of drug-likeness (QED) is 0.506. The number of carbonyl (C=O) groups is 2. The highest BCUT2D eigenvalue weighted by molar-refractivity contribution is 5.90. The highest BCUT2D eigenvalue weighted by Gasteiger charge is 2.27. The molecular weight excluding hydrogens is 304 g/mol. The van der Waals surface area contributed by atoms with Crippen molar-refractivity contribution in [3.8, 4) is 0 Å². The summed E-state index contributed by atoms with van der Waals surface area (Å²) in [6.45, 7) is 3.54. The van der Waals surface area contributed by atoms with E-state index in [9.17, 15) is 19.7 Å². The molecule has 0 unspecified atom stereocenters. The molecule has 1 aromatic rings. The number of nitrogens with one attached hydrogen (secondary N) is 1. The van der Waals surface area contributed by atoms with Crippen LogP contribution in [0.5, 0.6) is 0 Å². The molecule has 1 saturated carbocycles. The van der Waals surface area contributed by atoms with Crippen LogP contribution in [-0.4, -0.2) is 28.9 Å². The van der Waals surface area contributed by atoms with Crippen molar-refractivity contribution in [2.45, 2.75) is 51.7 Å². The molecule has 1 aliphatic rings. The summed E-state index contributed by atoms with van der Waals surface area (Å²) < 4.78 is 9.75. The molecule has 2 rings (SSSR count). The number of furan rings is 1. The van der Waals surface area contributed by atoms with E-state index in [0.717, 1.165) is 37.8 Å². The maximum atomic E-state index is 12.1. The van der Waals surface area contributed by atoms with Crippen molar-refractivity contribution < 1.29 is 23.7 Å². The fraction of sp³-hybridized carbons (Fsp3) is 0.600. The predicted octanol–water partition coefficient (Wildman–Crippen LogP) is 2.43. The van der Waals surface area contributed by atoms with Gasteiger partial charge in [0.05, 0.1) is 6.07 Å². The van der Waals surface area contributed by atoms with Crippen molar-refractivity contribution in [1.82, 2.24) is 5.32 Å². The normalized spacial score (nSPS) is 22.2. The number of nitro groups is 1. The molecule has 1 fully saturated rings. The largest absolute Gasteiger partial charge is 0.447 e. The van der Waals surface area contributed by atoms with Crippen LogP contribution in [0.1, 0.15) is 50.1 Å². The lowest BCUT2D eigenvalue weighted by Gasteiger charge is -2.30. The third-order valence-corrected chi connectivity index (χ3v) is 4.07. The minimum absolute atomic E-state index is 0.0853.